The minimum absolute atomic E-state index is 0.180. The summed E-state index contributed by atoms with van der Waals surface area (Å²) in [6, 6.07) is 6.06. The summed E-state index contributed by atoms with van der Waals surface area (Å²) < 4.78 is 13.9. The predicted molar refractivity (Wildman–Crippen MR) is 77.0 cm³/mol. The lowest BCUT2D eigenvalue weighted by Gasteiger charge is -2.14. The number of carbonyl (C=O) groups is 1. The summed E-state index contributed by atoms with van der Waals surface area (Å²) in [5.74, 6) is -0.437. The van der Waals surface area contributed by atoms with E-state index in [0.717, 1.165) is 31.4 Å². The van der Waals surface area contributed by atoms with E-state index in [2.05, 4.69) is 12.0 Å². The average molecular weight is 277 g/mol. The van der Waals surface area contributed by atoms with Gasteiger partial charge in [-0.15, -0.1) is 0 Å². The minimum Gasteiger partial charge on any atom is -0.350 e. The van der Waals surface area contributed by atoms with Crippen molar-refractivity contribution in [3.05, 3.63) is 35.6 Å². The first kappa shape index (κ1) is 14.5. The average Bonchev–Trinajstić information content (AvgIpc) is 2.84. The number of nitrogens with two attached hydrogens (primary N) is 1. The fraction of sp³-hybridized carbons (Fsp3) is 0.467. The Morgan fingerprint density at radius 2 is 2.20 bits per heavy atom. The van der Waals surface area contributed by atoms with Crippen LogP contribution in [0.2, 0.25) is 0 Å². The van der Waals surface area contributed by atoms with E-state index >= 15 is 0 Å². The number of unbranched alkanes of at least 4 members (excludes halogenated alkanes) is 2. The highest BCUT2D eigenvalue weighted by atomic mass is 19.1. The van der Waals surface area contributed by atoms with E-state index in [9.17, 15) is 9.18 Å². The van der Waals surface area contributed by atoms with Crippen molar-refractivity contribution >= 4 is 11.7 Å². The van der Waals surface area contributed by atoms with Crippen molar-refractivity contribution in [2.24, 2.45) is 10.8 Å². The third-order valence-electron chi connectivity index (χ3n) is 3.58. The Morgan fingerprint density at radius 3 is 2.85 bits per heavy atom. The molecule has 20 heavy (non-hydrogen) atoms. The molecule has 0 aromatic heterocycles. The molecule has 2 N–H and O–H groups in total. The minimum atomic E-state index is -0.586. The first-order chi connectivity index (χ1) is 9.63. The molecule has 2 amide bonds. The number of urea groups is 1. The van der Waals surface area contributed by atoms with Gasteiger partial charge in [-0.2, -0.15) is 5.10 Å². The number of benzene rings is 1. The number of hydrogen-bond acceptors (Lipinski definition) is 2. The number of nitrogens with zero attached hydrogens (tertiary/aromatic N) is 2. The van der Waals surface area contributed by atoms with Gasteiger partial charge in [-0.3, -0.25) is 0 Å². The van der Waals surface area contributed by atoms with Gasteiger partial charge in [0.15, 0.2) is 0 Å². The number of primary amides is 1. The molecule has 1 aromatic carbocycles. The Balaban J connectivity index is 2.20. The van der Waals surface area contributed by atoms with Gasteiger partial charge in [0.25, 0.3) is 0 Å². The molecule has 1 aliphatic heterocycles. The Bertz CT molecular complexity index is 516. The molecular weight excluding hydrogens is 257 g/mol. The van der Waals surface area contributed by atoms with Crippen molar-refractivity contribution < 1.29 is 9.18 Å². The Labute approximate surface area is 118 Å². The van der Waals surface area contributed by atoms with E-state index in [4.69, 9.17) is 5.73 Å². The molecule has 1 aromatic rings. The molecule has 0 saturated heterocycles. The zero-order valence-corrected chi connectivity index (χ0v) is 11.7. The standard InChI is InChI=1S/C15H20FN3O/c1-2-3-4-9-14-12(10-19(18-14)15(17)20)11-7-5-6-8-13(11)16/h5-8,12H,2-4,9-10H2,1H3,(H2,17,20). The second kappa shape index (κ2) is 6.50. The number of hydrogen-bond donors (Lipinski definition) is 1. The van der Waals surface area contributed by atoms with E-state index in [1.807, 2.05) is 0 Å². The maximum absolute atomic E-state index is 13.9. The van der Waals surface area contributed by atoms with Crippen LogP contribution >= 0.6 is 0 Å². The fourth-order valence-electron chi connectivity index (χ4n) is 2.50. The molecule has 0 fully saturated rings. The van der Waals surface area contributed by atoms with Crippen molar-refractivity contribution in [2.75, 3.05) is 6.54 Å². The molecule has 0 aliphatic carbocycles. The molecule has 1 unspecified atom stereocenters. The van der Waals surface area contributed by atoms with E-state index in [1.54, 1.807) is 18.2 Å². The largest absolute Gasteiger partial charge is 0.350 e. The van der Waals surface area contributed by atoms with Crippen LogP contribution in [-0.4, -0.2) is 23.3 Å². The van der Waals surface area contributed by atoms with Crippen LogP contribution in [0.4, 0.5) is 9.18 Å². The normalized spacial score (nSPS) is 18.2. The number of halogens is 1. The van der Waals surface area contributed by atoms with Gasteiger partial charge in [0, 0.05) is 11.6 Å². The van der Waals surface area contributed by atoms with Crippen molar-refractivity contribution in [1.82, 2.24) is 5.01 Å². The van der Waals surface area contributed by atoms with Crippen LogP contribution < -0.4 is 5.73 Å². The summed E-state index contributed by atoms with van der Waals surface area (Å²) in [7, 11) is 0. The molecule has 0 saturated carbocycles. The topological polar surface area (TPSA) is 58.7 Å². The molecule has 1 heterocycles. The van der Waals surface area contributed by atoms with E-state index in [1.165, 1.54) is 11.1 Å². The van der Waals surface area contributed by atoms with Gasteiger partial charge in [-0.25, -0.2) is 14.2 Å². The lowest BCUT2D eigenvalue weighted by molar-refractivity contribution is 0.213. The summed E-state index contributed by atoms with van der Waals surface area (Å²) in [5, 5.41) is 5.50. The SMILES string of the molecule is CCCCCC1=NN(C(N)=O)CC1c1ccccc1F. The number of amides is 2. The molecule has 2 rings (SSSR count). The second-order valence-corrected chi connectivity index (χ2v) is 5.04. The van der Waals surface area contributed by atoms with Crippen LogP contribution in [0.1, 0.15) is 44.1 Å². The highest BCUT2D eigenvalue weighted by molar-refractivity contribution is 5.94. The molecule has 1 atom stereocenters. The summed E-state index contributed by atoms with van der Waals surface area (Å²) >= 11 is 0. The first-order valence-corrected chi connectivity index (χ1v) is 7.02. The van der Waals surface area contributed by atoms with Gasteiger partial charge in [-0.05, 0) is 24.5 Å². The van der Waals surface area contributed by atoms with E-state index in [0.29, 0.717) is 12.1 Å². The van der Waals surface area contributed by atoms with Crippen molar-refractivity contribution in [3.8, 4) is 0 Å². The van der Waals surface area contributed by atoms with E-state index < -0.39 is 6.03 Å². The number of carbonyl (C=O) groups excluding carboxylic acids is 1. The lowest BCUT2D eigenvalue weighted by atomic mass is 9.91. The Morgan fingerprint density at radius 1 is 1.45 bits per heavy atom. The van der Waals surface area contributed by atoms with Crippen LogP contribution in [0.25, 0.3) is 0 Å². The molecule has 0 radical (unpaired) electrons. The quantitative estimate of drug-likeness (QED) is 0.825. The number of rotatable bonds is 5. The van der Waals surface area contributed by atoms with Gasteiger partial charge in [-0.1, -0.05) is 38.0 Å². The molecule has 4 nitrogen and oxygen atoms in total. The summed E-state index contributed by atoms with van der Waals surface area (Å²) in [4.78, 5) is 11.3. The van der Waals surface area contributed by atoms with Crippen molar-refractivity contribution in [1.29, 1.82) is 0 Å². The second-order valence-electron chi connectivity index (χ2n) is 5.04. The van der Waals surface area contributed by atoms with Crippen LogP contribution in [0, 0.1) is 5.82 Å². The number of hydrazone groups is 1. The molecule has 0 spiro atoms. The summed E-state index contributed by atoms with van der Waals surface area (Å²) in [6.07, 6.45) is 3.97. The molecule has 108 valence electrons. The summed E-state index contributed by atoms with van der Waals surface area (Å²) in [6.45, 7) is 2.46. The Kier molecular flexibility index (Phi) is 4.71. The third-order valence-corrected chi connectivity index (χ3v) is 3.58. The smallest absolute Gasteiger partial charge is 0.335 e. The first-order valence-electron chi connectivity index (χ1n) is 7.02. The lowest BCUT2D eigenvalue weighted by Crippen LogP contribution is -2.30. The van der Waals surface area contributed by atoms with Gasteiger partial charge in [0.05, 0.1) is 6.54 Å². The monoisotopic (exact) mass is 277 g/mol. The van der Waals surface area contributed by atoms with Gasteiger partial charge in [0.1, 0.15) is 5.82 Å². The highest BCUT2D eigenvalue weighted by Gasteiger charge is 2.31. The van der Waals surface area contributed by atoms with E-state index in [-0.39, 0.29) is 11.7 Å². The van der Waals surface area contributed by atoms with Gasteiger partial charge in [0.2, 0.25) is 0 Å². The predicted octanol–water partition coefficient (Wildman–Crippen LogP) is 3.24. The van der Waals surface area contributed by atoms with Crippen molar-refractivity contribution in [3.63, 3.8) is 0 Å². The zero-order chi connectivity index (χ0) is 14.5. The Hall–Kier alpha value is -1.91. The third kappa shape index (κ3) is 3.15. The molecule has 0 bridgehead atoms. The van der Waals surface area contributed by atoms with Crippen LogP contribution in [0.15, 0.2) is 29.4 Å². The fourth-order valence-corrected chi connectivity index (χ4v) is 2.50. The summed E-state index contributed by atoms with van der Waals surface area (Å²) in [5.41, 5.74) is 6.72. The molecule has 1 aliphatic rings. The maximum Gasteiger partial charge on any atom is 0.335 e. The van der Waals surface area contributed by atoms with Gasteiger partial charge >= 0.3 is 6.03 Å². The zero-order valence-electron chi connectivity index (χ0n) is 11.7. The molecule has 5 heteroatoms. The molecular formula is C15H20FN3O. The van der Waals surface area contributed by atoms with Gasteiger partial charge < -0.3 is 5.73 Å². The van der Waals surface area contributed by atoms with Crippen molar-refractivity contribution in [2.45, 2.75) is 38.5 Å². The maximum atomic E-state index is 13.9. The van der Waals surface area contributed by atoms with Crippen LogP contribution in [-0.2, 0) is 0 Å². The van der Waals surface area contributed by atoms with Crippen LogP contribution in [0.3, 0.4) is 0 Å². The van der Waals surface area contributed by atoms with Crippen LogP contribution in [0.5, 0.6) is 0 Å². The highest BCUT2D eigenvalue weighted by Crippen LogP contribution is 2.29.